The second-order valence-electron chi connectivity index (χ2n) is 3.19. The number of nitriles is 1. The molecule has 1 heterocycles. The summed E-state index contributed by atoms with van der Waals surface area (Å²) in [4.78, 5) is 20.0. The predicted octanol–water partition coefficient (Wildman–Crippen LogP) is 1.25. The molecule has 1 fully saturated rings. The van der Waals surface area contributed by atoms with Gasteiger partial charge in [-0.3, -0.25) is 0 Å². The molecule has 0 spiro atoms. The summed E-state index contributed by atoms with van der Waals surface area (Å²) in [5.74, 6) is 0. The first kappa shape index (κ1) is 10.8. The topological polar surface area (TPSA) is 68.5 Å². The van der Waals surface area contributed by atoms with Crippen LogP contribution in [0.15, 0.2) is 24.3 Å². The van der Waals surface area contributed by atoms with Crippen molar-refractivity contribution in [2.75, 3.05) is 0 Å². The fourth-order valence-electron chi connectivity index (χ4n) is 1.48. The second kappa shape index (κ2) is 4.86. The number of rotatable bonds is 3. The highest BCUT2D eigenvalue weighted by Gasteiger charge is 2.30. The van der Waals surface area contributed by atoms with Gasteiger partial charge in [0, 0.05) is 12.0 Å². The molecule has 0 bridgehead atoms. The molecule has 1 aromatic carbocycles. The van der Waals surface area contributed by atoms with Crippen LogP contribution in [0.3, 0.4) is 0 Å². The van der Waals surface area contributed by atoms with Gasteiger partial charge in [0.05, 0.1) is 0 Å². The Morgan fingerprint density at radius 1 is 1.38 bits per heavy atom. The molecule has 0 radical (unpaired) electrons. The van der Waals surface area contributed by atoms with Gasteiger partial charge in [0.25, 0.3) is 6.29 Å². The van der Waals surface area contributed by atoms with E-state index in [-0.39, 0.29) is 6.42 Å². The van der Waals surface area contributed by atoms with Crippen LogP contribution in [0, 0.1) is 11.3 Å². The first-order valence-electron chi connectivity index (χ1n) is 4.74. The molecule has 0 N–H and O–H groups in total. The van der Waals surface area contributed by atoms with Crippen LogP contribution in [0.2, 0.25) is 0 Å². The summed E-state index contributed by atoms with van der Waals surface area (Å²) in [7, 11) is 0. The van der Waals surface area contributed by atoms with Crippen LogP contribution in [0.1, 0.15) is 17.4 Å². The fourth-order valence-corrected chi connectivity index (χ4v) is 1.48. The quantitative estimate of drug-likeness (QED) is 0.565. The molecule has 5 nitrogen and oxygen atoms in total. The third kappa shape index (κ3) is 2.09. The molecule has 0 aliphatic carbocycles. The molecule has 16 heavy (non-hydrogen) atoms. The first-order valence-corrected chi connectivity index (χ1v) is 4.74. The summed E-state index contributed by atoms with van der Waals surface area (Å²) in [6.45, 7) is 0. The Kier molecular flexibility index (Phi) is 3.27. The number of benzene rings is 1. The van der Waals surface area contributed by atoms with Crippen molar-refractivity contribution in [2.45, 2.75) is 19.0 Å². The standard InChI is InChI=1S/C11H9NO4/c12-7-10-14-11(16-15-10)9-4-2-1-3-8(9)5-6-13/h1-4,6,10-11H,5H2. The van der Waals surface area contributed by atoms with Crippen LogP contribution in [0.4, 0.5) is 0 Å². The molecule has 1 aliphatic rings. The normalized spacial score (nSPS) is 23.9. The van der Waals surface area contributed by atoms with E-state index in [2.05, 4.69) is 4.89 Å². The Balaban J connectivity index is 2.21. The summed E-state index contributed by atoms with van der Waals surface area (Å²) in [6, 6.07) is 8.97. The lowest BCUT2D eigenvalue weighted by molar-refractivity contribution is -0.290. The van der Waals surface area contributed by atoms with Crippen molar-refractivity contribution in [1.82, 2.24) is 0 Å². The Morgan fingerprint density at radius 2 is 2.19 bits per heavy atom. The smallest absolute Gasteiger partial charge is 0.282 e. The van der Waals surface area contributed by atoms with E-state index in [1.54, 1.807) is 24.3 Å². The van der Waals surface area contributed by atoms with Crippen LogP contribution >= 0.6 is 0 Å². The number of carbonyl (C=O) groups is 1. The zero-order valence-corrected chi connectivity index (χ0v) is 8.33. The molecule has 82 valence electrons. The van der Waals surface area contributed by atoms with Crippen molar-refractivity contribution >= 4 is 6.29 Å². The van der Waals surface area contributed by atoms with E-state index >= 15 is 0 Å². The molecule has 2 rings (SSSR count). The maximum Gasteiger partial charge on any atom is 0.282 e. The number of aldehydes is 1. The number of hydrogen-bond donors (Lipinski definition) is 0. The minimum Gasteiger partial charge on any atom is -0.303 e. The highest BCUT2D eigenvalue weighted by Crippen LogP contribution is 2.29. The lowest BCUT2D eigenvalue weighted by Gasteiger charge is -2.10. The van der Waals surface area contributed by atoms with Crippen LogP contribution in [-0.2, 0) is 25.7 Å². The zero-order valence-electron chi connectivity index (χ0n) is 8.33. The Labute approximate surface area is 92.1 Å². The van der Waals surface area contributed by atoms with E-state index in [1.165, 1.54) is 0 Å². The average Bonchev–Trinajstić information content (AvgIpc) is 2.79. The molecule has 1 aromatic rings. The van der Waals surface area contributed by atoms with Crippen molar-refractivity contribution in [3.63, 3.8) is 0 Å². The van der Waals surface area contributed by atoms with E-state index in [0.29, 0.717) is 5.56 Å². The number of nitrogens with zero attached hydrogens (tertiary/aromatic N) is 1. The van der Waals surface area contributed by atoms with Gasteiger partial charge < -0.3 is 9.53 Å². The molecular weight excluding hydrogens is 210 g/mol. The minimum atomic E-state index is -1.02. The number of hydrogen-bond acceptors (Lipinski definition) is 5. The molecule has 0 aromatic heterocycles. The second-order valence-corrected chi connectivity index (χ2v) is 3.19. The lowest BCUT2D eigenvalue weighted by atomic mass is 10.1. The number of carbonyl (C=O) groups excluding carboxylic acids is 1. The van der Waals surface area contributed by atoms with Crippen molar-refractivity contribution < 1.29 is 19.3 Å². The average molecular weight is 219 g/mol. The van der Waals surface area contributed by atoms with Gasteiger partial charge in [-0.1, -0.05) is 24.3 Å². The van der Waals surface area contributed by atoms with Crippen molar-refractivity contribution in [1.29, 1.82) is 5.26 Å². The van der Waals surface area contributed by atoms with Crippen LogP contribution in [0.5, 0.6) is 0 Å². The Hall–Kier alpha value is -1.74. The van der Waals surface area contributed by atoms with Gasteiger partial charge in [-0.25, -0.2) is 0 Å². The summed E-state index contributed by atoms with van der Waals surface area (Å²) >= 11 is 0. The van der Waals surface area contributed by atoms with Crippen LogP contribution < -0.4 is 0 Å². The van der Waals surface area contributed by atoms with E-state index in [4.69, 9.17) is 14.9 Å². The maximum absolute atomic E-state index is 10.5. The van der Waals surface area contributed by atoms with Crippen molar-refractivity contribution in [2.24, 2.45) is 0 Å². The van der Waals surface area contributed by atoms with Crippen LogP contribution in [0.25, 0.3) is 0 Å². The van der Waals surface area contributed by atoms with E-state index in [1.807, 2.05) is 6.07 Å². The molecule has 0 saturated carbocycles. The monoisotopic (exact) mass is 219 g/mol. The van der Waals surface area contributed by atoms with E-state index in [9.17, 15) is 4.79 Å². The molecule has 0 amide bonds. The van der Waals surface area contributed by atoms with Crippen LogP contribution in [-0.4, -0.2) is 12.6 Å². The molecule has 1 aliphatic heterocycles. The molecule has 2 atom stereocenters. The zero-order chi connectivity index (χ0) is 11.4. The molecule has 2 unspecified atom stereocenters. The Bertz CT molecular complexity index is 426. The molecule has 5 heteroatoms. The van der Waals surface area contributed by atoms with E-state index in [0.717, 1.165) is 11.8 Å². The van der Waals surface area contributed by atoms with Gasteiger partial charge in [-0.05, 0) is 5.56 Å². The highest BCUT2D eigenvalue weighted by molar-refractivity contribution is 5.56. The van der Waals surface area contributed by atoms with Crippen molar-refractivity contribution in [3.05, 3.63) is 35.4 Å². The largest absolute Gasteiger partial charge is 0.303 e. The summed E-state index contributed by atoms with van der Waals surface area (Å²) < 4.78 is 5.16. The van der Waals surface area contributed by atoms with Gasteiger partial charge >= 0.3 is 0 Å². The van der Waals surface area contributed by atoms with Gasteiger partial charge in [0.1, 0.15) is 12.4 Å². The predicted molar refractivity (Wildman–Crippen MR) is 51.6 cm³/mol. The van der Waals surface area contributed by atoms with Crippen molar-refractivity contribution in [3.8, 4) is 6.07 Å². The summed E-state index contributed by atoms with van der Waals surface area (Å²) in [5.41, 5.74) is 1.50. The van der Waals surface area contributed by atoms with Gasteiger partial charge in [0.15, 0.2) is 0 Å². The highest BCUT2D eigenvalue weighted by atomic mass is 17.3. The first-order chi connectivity index (χ1) is 7.85. The third-order valence-corrected chi connectivity index (χ3v) is 2.20. The number of ether oxygens (including phenoxy) is 1. The fraction of sp³-hybridized carbons (Fsp3) is 0.273. The molecular formula is C11H9NO4. The maximum atomic E-state index is 10.5. The SMILES string of the molecule is N#CC1OOC(c2ccccc2CC=O)O1. The minimum absolute atomic E-state index is 0.274. The van der Waals surface area contributed by atoms with E-state index < -0.39 is 12.6 Å². The lowest BCUT2D eigenvalue weighted by Crippen LogP contribution is -2.06. The Morgan fingerprint density at radius 3 is 2.88 bits per heavy atom. The van der Waals surface area contributed by atoms with Gasteiger partial charge in [-0.2, -0.15) is 15.0 Å². The summed E-state index contributed by atoms with van der Waals surface area (Å²) in [6.07, 6.45) is -0.692. The van der Waals surface area contributed by atoms with Gasteiger partial charge in [0.2, 0.25) is 6.29 Å². The molecule has 1 saturated heterocycles. The van der Waals surface area contributed by atoms with Gasteiger partial charge in [-0.15, -0.1) is 0 Å². The summed E-state index contributed by atoms with van der Waals surface area (Å²) in [5, 5.41) is 8.57. The third-order valence-electron chi connectivity index (χ3n) is 2.20.